The summed E-state index contributed by atoms with van der Waals surface area (Å²) in [6.07, 6.45) is 1.02. The van der Waals surface area contributed by atoms with Crippen LogP contribution in [0, 0.1) is 0 Å². The number of thiophene rings is 1. The first-order chi connectivity index (χ1) is 18.8. The minimum Gasteiger partial charge on any atom is -0.497 e. The Morgan fingerprint density at radius 3 is 2.26 bits per heavy atom. The number of benzene rings is 2. The lowest BCUT2D eigenvalue weighted by atomic mass is 10.1. The number of rotatable bonds is 16. The highest BCUT2D eigenvalue weighted by Crippen LogP contribution is 2.28. The van der Waals surface area contributed by atoms with Crippen molar-refractivity contribution in [1.82, 2.24) is 9.21 Å². The van der Waals surface area contributed by atoms with Crippen molar-refractivity contribution in [2.45, 2.75) is 24.3 Å². The summed E-state index contributed by atoms with van der Waals surface area (Å²) in [5.41, 5.74) is 0.972. The van der Waals surface area contributed by atoms with Gasteiger partial charge < -0.3 is 23.8 Å². The molecule has 0 atom stereocenters. The van der Waals surface area contributed by atoms with Crippen LogP contribution in [0.4, 0.5) is 0 Å². The van der Waals surface area contributed by atoms with Crippen LogP contribution in [0.3, 0.4) is 0 Å². The number of sulfonamides is 1. The Morgan fingerprint density at radius 1 is 0.897 bits per heavy atom. The fourth-order valence-electron chi connectivity index (χ4n) is 4.00. The second-order valence-corrected chi connectivity index (χ2v) is 11.7. The molecule has 2 aromatic carbocycles. The van der Waals surface area contributed by atoms with Gasteiger partial charge >= 0.3 is 0 Å². The molecule has 0 unspecified atom stereocenters. The lowest BCUT2D eigenvalue weighted by molar-refractivity contribution is -0.132. The summed E-state index contributed by atoms with van der Waals surface area (Å²) in [6, 6.07) is 15.7. The molecule has 0 bridgehead atoms. The molecule has 0 aliphatic carbocycles. The zero-order chi connectivity index (χ0) is 28.3. The second kappa shape index (κ2) is 14.9. The van der Waals surface area contributed by atoms with Gasteiger partial charge in [-0.25, -0.2) is 8.42 Å². The number of hydrogen-bond acceptors (Lipinski definition) is 8. The lowest BCUT2D eigenvalue weighted by Gasteiger charge is -2.27. The first-order valence-corrected chi connectivity index (χ1v) is 14.8. The van der Waals surface area contributed by atoms with Crippen LogP contribution in [0.5, 0.6) is 17.2 Å². The van der Waals surface area contributed by atoms with Gasteiger partial charge in [0.1, 0.15) is 5.75 Å². The number of amides is 1. The molecule has 1 amide bonds. The van der Waals surface area contributed by atoms with Crippen LogP contribution >= 0.6 is 11.3 Å². The molecule has 0 N–H and O–H groups in total. The Morgan fingerprint density at radius 2 is 1.64 bits per heavy atom. The van der Waals surface area contributed by atoms with Gasteiger partial charge in [0.25, 0.3) is 0 Å². The van der Waals surface area contributed by atoms with Crippen LogP contribution in [-0.2, 0) is 32.5 Å². The summed E-state index contributed by atoms with van der Waals surface area (Å²) in [5.74, 6) is 1.51. The largest absolute Gasteiger partial charge is 0.497 e. The molecule has 0 aliphatic rings. The molecule has 0 saturated carbocycles. The van der Waals surface area contributed by atoms with E-state index in [4.69, 9.17) is 18.9 Å². The maximum Gasteiger partial charge on any atom is 0.243 e. The molecule has 0 fully saturated rings. The Balaban J connectivity index is 1.82. The zero-order valence-corrected chi connectivity index (χ0v) is 24.4. The standard InChI is InChI=1S/C28H36N2O7S2/c1-34-17-6-15-30(39(32,33)25-11-9-23(35-2)10-12-25)21-28(31)29(20-24-7-5-18-38-24)16-14-22-8-13-26(36-3)27(19-22)37-4/h5,7-13,18-19H,6,14-17,20-21H2,1-4H3. The van der Waals surface area contributed by atoms with Crippen molar-refractivity contribution in [2.24, 2.45) is 0 Å². The predicted molar refractivity (Wildman–Crippen MR) is 151 cm³/mol. The van der Waals surface area contributed by atoms with Gasteiger partial charge in [0.2, 0.25) is 15.9 Å². The van der Waals surface area contributed by atoms with Crippen LogP contribution in [0.1, 0.15) is 16.9 Å². The summed E-state index contributed by atoms with van der Waals surface area (Å²) >= 11 is 1.55. The third kappa shape index (κ3) is 8.43. The predicted octanol–water partition coefficient (Wildman–Crippen LogP) is 4.07. The molecule has 3 rings (SSSR count). The molecular weight excluding hydrogens is 540 g/mol. The van der Waals surface area contributed by atoms with Crippen LogP contribution in [0.25, 0.3) is 0 Å². The lowest BCUT2D eigenvalue weighted by Crippen LogP contribution is -2.43. The van der Waals surface area contributed by atoms with Gasteiger partial charge in [-0.15, -0.1) is 11.3 Å². The van der Waals surface area contributed by atoms with Gasteiger partial charge in [-0.2, -0.15) is 4.31 Å². The summed E-state index contributed by atoms with van der Waals surface area (Å²) in [4.78, 5) is 16.5. The van der Waals surface area contributed by atoms with Crippen molar-refractivity contribution < 1.29 is 32.2 Å². The molecule has 1 aromatic heterocycles. The summed E-state index contributed by atoms with van der Waals surface area (Å²) in [5, 5.41) is 1.96. The van der Waals surface area contributed by atoms with Gasteiger partial charge in [-0.1, -0.05) is 12.1 Å². The van der Waals surface area contributed by atoms with Gasteiger partial charge in [0.05, 0.1) is 39.3 Å². The van der Waals surface area contributed by atoms with E-state index in [0.29, 0.717) is 49.8 Å². The molecule has 212 valence electrons. The van der Waals surface area contributed by atoms with E-state index in [1.165, 1.54) is 23.5 Å². The number of carbonyl (C=O) groups is 1. The quantitative estimate of drug-likeness (QED) is 0.237. The van der Waals surface area contributed by atoms with Gasteiger partial charge in [-0.3, -0.25) is 4.79 Å². The molecule has 0 radical (unpaired) electrons. The minimum atomic E-state index is -3.93. The van der Waals surface area contributed by atoms with Crippen LogP contribution in [0.15, 0.2) is 64.9 Å². The maximum absolute atomic E-state index is 13.7. The normalized spacial score (nSPS) is 11.4. The summed E-state index contributed by atoms with van der Waals surface area (Å²) < 4.78 is 49.4. The number of ether oxygens (including phenoxy) is 4. The Labute approximate surface area is 234 Å². The van der Waals surface area contributed by atoms with Crippen LogP contribution in [0.2, 0.25) is 0 Å². The Hall–Kier alpha value is -3.12. The van der Waals surface area contributed by atoms with Gasteiger partial charge in [0, 0.05) is 31.7 Å². The van der Waals surface area contributed by atoms with Crippen LogP contribution in [-0.4, -0.2) is 78.2 Å². The zero-order valence-electron chi connectivity index (χ0n) is 22.8. The van der Waals surface area contributed by atoms with E-state index in [-0.39, 0.29) is 23.9 Å². The fraction of sp³-hybridized carbons (Fsp3) is 0.393. The van der Waals surface area contributed by atoms with Crippen molar-refractivity contribution in [3.63, 3.8) is 0 Å². The highest BCUT2D eigenvalue weighted by molar-refractivity contribution is 7.89. The van der Waals surface area contributed by atoms with E-state index >= 15 is 0 Å². The Bertz CT molecular complexity index is 1280. The van der Waals surface area contributed by atoms with E-state index in [1.54, 1.807) is 49.7 Å². The average molecular weight is 577 g/mol. The molecule has 39 heavy (non-hydrogen) atoms. The van der Waals surface area contributed by atoms with E-state index in [1.807, 2.05) is 35.7 Å². The second-order valence-electron chi connectivity index (χ2n) is 8.69. The number of nitrogens with zero attached hydrogens (tertiary/aromatic N) is 2. The molecule has 11 heteroatoms. The Kier molecular flexibility index (Phi) is 11.6. The monoisotopic (exact) mass is 576 g/mol. The topological polar surface area (TPSA) is 94.6 Å². The van der Waals surface area contributed by atoms with Crippen molar-refractivity contribution in [2.75, 3.05) is 54.7 Å². The average Bonchev–Trinajstić information content (AvgIpc) is 3.47. The van der Waals surface area contributed by atoms with Crippen molar-refractivity contribution in [3.8, 4) is 17.2 Å². The molecule has 0 saturated heterocycles. The maximum atomic E-state index is 13.7. The van der Waals surface area contributed by atoms with E-state index in [9.17, 15) is 13.2 Å². The number of carbonyl (C=O) groups excluding carboxylic acids is 1. The first-order valence-electron chi connectivity index (χ1n) is 12.5. The molecule has 3 aromatic rings. The molecule has 0 spiro atoms. The van der Waals surface area contributed by atoms with Crippen molar-refractivity contribution >= 4 is 27.3 Å². The fourth-order valence-corrected chi connectivity index (χ4v) is 6.15. The molecule has 9 nitrogen and oxygen atoms in total. The number of hydrogen-bond donors (Lipinski definition) is 0. The summed E-state index contributed by atoms with van der Waals surface area (Å²) in [6.45, 7) is 1.03. The van der Waals surface area contributed by atoms with Crippen LogP contribution < -0.4 is 14.2 Å². The molecule has 0 aliphatic heterocycles. The van der Waals surface area contributed by atoms with E-state index in [2.05, 4.69) is 0 Å². The SMILES string of the molecule is COCCCN(CC(=O)N(CCc1ccc(OC)c(OC)c1)Cc1cccs1)S(=O)(=O)c1ccc(OC)cc1. The third-order valence-electron chi connectivity index (χ3n) is 6.16. The van der Waals surface area contributed by atoms with Gasteiger partial charge in [0.15, 0.2) is 11.5 Å². The highest BCUT2D eigenvalue weighted by Gasteiger charge is 2.28. The smallest absolute Gasteiger partial charge is 0.243 e. The first kappa shape index (κ1) is 30.4. The van der Waals surface area contributed by atoms with E-state index in [0.717, 1.165) is 10.4 Å². The molecule has 1 heterocycles. The van der Waals surface area contributed by atoms with E-state index < -0.39 is 10.0 Å². The minimum absolute atomic E-state index is 0.101. The summed E-state index contributed by atoms with van der Waals surface area (Å²) in [7, 11) is 2.30. The highest BCUT2D eigenvalue weighted by atomic mass is 32.2. The van der Waals surface area contributed by atoms with Gasteiger partial charge in [-0.05, 0) is 66.2 Å². The third-order valence-corrected chi connectivity index (χ3v) is 8.88. The number of methoxy groups -OCH3 is 4. The van der Waals surface area contributed by atoms with Crippen molar-refractivity contribution in [1.29, 1.82) is 0 Å². The van der Waals surface area contributed by atoms with Crippen molar-refractivity contribution in [3.05, 3.63) is 70.4 Å². The molecular formula is C28H36N2O7S2.